The molecule has 2 heterocycles. The molecule has 2 amide bonds. The van der Waals surface area contributed by atoms with Gasteiger partial charge in [0.1, 0.15) is 17.0 Å². The number of fused-ring (bicyclic) bond motifs is 1. The van der Waals surface area contributed by atoms with Gasteiger partial charge in [0, 0.05) is 29.0 Å². The molecule has 0 aliphatic heterocycles. The molecular weight excluding hydrogens is 664 g/mol. The van der Waals surface area contributed by atoms with E-state index in [2.05, 4.69) is 20.9 Å². The monoisotopic (exact) mass is 693 g/mol. The third-order valence-electron chi connectivity index (χ3n) is 5.75. The molecule has 0 N–H and O–H groups in total. The van der Waals surface area contributed by atoms with Crippen LogP contribution in [0.3, 0.4) is 0 Å². The highest BCUT2D eigenvalue weighted by atomic mass is 79.9. The maximum atomic E-state index is 15.5. The lowest BCUT2D eigenvalue weighted by Gasteiger charge is -2.28. The summed E-state index contributed by atoms with van der Waals surface area (Å²) in [5.74, 6) is -3.55. The van der Waals surface area contributed by atoms with Crippen molar-refractivity contribution in [1.82, 2.24) is 8.96 Å². The predicted molar refractivity (Wildman–Crippen MR) is 163 cm³/mol. The van der Waals surface area contributed by atoms with Crippen molar-refractivity contribution in [2.45, 2.75) is 64.6 Å². The van der Waals surface area contributed by atoms with E-state index in [0.717, 1.165) is 9.54 Å². The lowest BCUT2D eigenvalue weighted by molar-refractivity contribution is 0.0430. The molecule has 234 valence electrons. The minimum Gasteiger partial charge on any atom is -0.450 e. The van der Waals surface area contributed by atoms with E-state index in [1.807, 2.05) is 6.92 Å². The van der Waals surface area contributed by atoms with Crippen LogP contribution in [0, 0.1) is 18.6 Å². The second-order valence-corrected chi connectivity index (χ2v) is 14.4. The SMILES string of the molecule is Cc1ccc(S(=O)(=O)n2cc(Br)c3c(Oc4c(F)cc(N(C(=O)OC(C)(C)C)C(=O)OC(C)(C)C)cc4F)ccnc32)cc1. The van der Waals surface area contributed by atoms with Gasteiger partial charge in [0.15, 0.2) is 23.0 Å². The van der Waals surface area contributed by atoms with Gasteiger partial charge in [-0.15, -0.1) is 0 Å². The van der Waals surface area contributed by atoms with Crippen molar-refractivity contribution in [3.05, 3.63) is 76.5 Å². The van der Waals surface area contributed by atoms with Crippen molar-refractivity contribution in [1.29, 1.82) is 0 Å². The Balaban J connectivity index is 1.76. The van der Waals surface area contributed by atoms with Crippen LogP contribution in [0.5, 0.6) is 11.5 Å². The van der Waals surface area contributed by atoms with Crippen molar-refractivity contribution >= 4 is 54.9 Å². The lowest BCUT2D eigenvalue weighted by Crippen LogP contribution is -2.43. The minimum absolute atomic E-state index is 0.00725. The summed E-state index contributed by atoms with van der Waals surface area (Å²) in [6, 6.07) is 8.94. The summed E-state index contributed by atoms with van der Waals surface area (Å²) >= 11 is 3.30. The summed E-state index contributed by atoms with van der Waals surface area (Å²) in [6.07, 6.45) is 0.0577. The molecule has 2 aromatic heterocycles. The van der Waals surface area contributed by atoms with Gasteiger partial charge in [-0.2, -0.15) is 4.90 Å². The molecular formula is C30H30BrF2N3O7S. The zero-order chi connectivity index (χ0) is 32.8. The molecule has 0 unspecified atom stereocenters. The topological polar surface area (TPSA) is 117 Å². The number of benzene rings is 2. The van der Waals surface area contributed by atoms with Crippen molar-refractivity contribution < 1.29 is 41.0 Å². The maximum Gasteiger partial charge on any atom is 0.424 e. The zero-order valence-electron chi connectivity index (χ0n) is 24.9. The first kappa shape index (κ1) is 32.9. The van der Waals surface area contributed by atoms with Crippen LogP contribution in [0.1, 0.15) is 47.1 Å². The number of hydrogen-bond acceptors (Lipinski definition) is 8. The van der Waals surface area contributed by atoms with E-state index < -0.39 is 56.5 Å². The summed E-state index contributed by atoms with van der Waals surface area (Å²) in [6.45, 7) is 11.2. The molecule has 14 heteroatoms. The van der Waals surface area contributed by atoms with E-state index in [0.29, 0.717) is 17.0 Å². The van der Waals surface area contributed by atoms with E-state index in [1.54, 1.807) is 53.7 Å². The van der Waals surface area contributed by atoms with Gasteiger partial charge < -0.3 is 14.2 Å². The fourth-order valence-corrected chi connectivity index (χ4v) is 5.96. The van der Waals surface area contributed by atoms with E-state index >= 15 is 8.78 Å². The normalized spacial score (nSPS) is 12.2. The molecule has 10 nitrogen and oxygen atoms in total. The number of aryl methyl sites for hydroxylation is 1. The summed E-state index contributed by atoms with van der Waals surface area (Å²) in [5, 5.41) is 0.121. The second-order valence-electron chi connectivity index (χ2n) is 11.7. The molecule has 0 radical (unpaired) electrons. The van der Waals surface area contributed by atoms with E-state index in [1.165, 1.54) is 30.6 Å². The summed E-state index contributed by atoms with van der Waals surface area (Å²) in [7, 11) is -4.10. The molecule has 2 aromatic carbocycles. The van der Waals surface area contributed by atoms with Gasteiger partial charge in [0.25, 0.3) is 10.0 Å². The number of anilines is 1. The van der Waals surface area contributed by atoms with Crippen LogP contribution in [0.15, 0.2) is 64.2 Å². The van der Waals surface area contributed by atoms with Crippen LogP contribution >= 0.6 is 15.9 Å². The molecule has 4 rings (SSSR count). The van der Waals surface area contributed by atoms with Gasteiger partial charge >= 0.3 is 12.2 Å². The Morgan fingerprint density at radius 3 is 1.93 bits per heavy atom. The highest BCUT2D eigenvalue weighted by molar-refractivity contribution is 9.10. The number of halogens is 3. The van der Waals surface area contributed by atoms with Crippen LogP contribution in [-0.4, -0.2) is 40.8 Å². The molecule has 0 fully saturated rings. The predicted octanol–water partition coefficient (Wildman–Crippen LogP) is 8.09. The first-order chi connectivity index (χ1) is 20.3. The van der Waals surface area contributed by atoms with E-state index in [-0.39, 0.29) is 26.2 Å². The van der Waals surface area contributed by atoms with Crippen LogP contribution in [0.25, 0.3) is 11.0 Å². The second kappa shape index (κ2) is 11.8. The molecule has 0 aliphatic carbocycles. The highest BCUT2D eigenvalue weighted by Crippen LogP contribution is 2.39. The minimum atomic E-state index is -4.10. The smallest absolute Gasteiger partial charge is 0.424 e. The Morgan fingerprint density at radius 2 is 1.43 bits per heavy atom. The number of carbonyl (C=O) groups is 2. The Morgan fingerprint density at radius 1 is 0.909 bits per heavy atom. The third kappa shape index (κ3) is 7.02. The molecule has 4 aromatic rings. The van der Waals surface area contributed by atoms with Crippen LogP contribution in [-0.2, 0) is 19.5 Å². The number of rotatable bonds is 5. The number of imide groups is 1. The molecule has 0 aliphatic rings. The fourth-order valence-electron chi connectivity index (χ4n) is 3.93. The Hall–Kier alpha value is -4.04. The van der Waals surface area contributed by atoms with Crippen LogP contribution in [0.2, 0.25) is 0 Å². The number of carbonyl (C=O) groups excluding carboxylic acids is 2. The Bertz CT molecular complexity index is 1810. The Labute approximate surface area is 261 Å². The van der Waals surface area contributed by atoms with Crippen molar-refractivity contribution in [2.75, 3.05) is 4.90 Å². The Kier molecular flexibility index (Phi) is 8.82. The van der Waals surface area contributed by atoms with Gasteiger partial charge in [-0.1, -0.05) is 17.7 Å². The summed E-state index contributed by atoms with van der Waals surface area (Å²) in [5.41, 5.74) is -1.78. The molecule has 0 spiro atoms. The zero-order valence-corrected chi connectivity index (χ0v) is 27.3. The van der Waals surface area contributed by atoms with Gasteiger partial charge in [-0.25, -0.2) is 35.7 Å². The largest absolute Gasteiger partial charge is 0.450 e. The summed E-state index contributed by atoms with van der Waals surface area (Å²) in [4.78, 5) is 30.4. The maximum absolute atomic E-state index is 15.5. The number of amides is 2. The van der Waals surface area contributed by atoms with Crippen LogP contribution in [0.4, 0.5) is 24.1 Å². The number of ether oxygens (including phenoxy) is 3. The first-order valence-electron chi connectivity index (χ1n) is 13.2. The van der Waals surface area contributed by atoms with E-state index in [9.17, 15) is 18.0 Å². The quantitative estimate of drug-likeness (QED) is 0.206. The molecule has 0 saturated carbocycles. The van der Waals surface area contributed by atoms with Crippen molar-refractivity contribution in [2.24, 2.45) is 0 Å². The number of pyridine rings is 1. The van der Waals surface area contributed by atoms with E-state index in [4.69, 9.17) is 14.2 Å². The van der Waals surface area contributed by atoms with Crippen molar-refractivity contribution in [3.8, 4) is 11.5 Å². The lowest BCUT2D eigenvalue weighted by atomic mass is 10.2. The number of hydrogen-bond donors (Lipinski definition) is 0. The molecule has 44 heavy (non-hydrogen) atoms. The first-order valence-corrected chi connectivity index (χ1v) is 15.4. The average Bonchev–Trinajstić information content (AvgIpc) is 3.22. The van der Waals surface area contributed by atoms with Gasteiger partial charge in [0.05, 0.1) is 16.0 Å². The number of nitrogens with zero attached hydrogens (tertiary/aromatic N) is 3. The fraction of sp³-hybridized carbons (Fsp3) is 0.300. The third-order valence-corrected chi connectivity index (χ3v) is 8.02. The molecule has 0 atom stereocenters. The van der Waals surface area contributed by atoms with Crippen LogP contribution < -0.4 is 9.64 Å². The molecule has 0 saturated heterocycles. The average molecular weight is 695 g/mol. The number of aromatic nitrogens is 2. The standard InChI is InChI=1S/C30H30BrF2N3O7S/c1-17-8-10-19(11-9-17)44(39,40)35-16-20(31)24-23(12-13-34-26(24)35)41-25-21(32)14-18(15-22(25)33)36(27(37)42-29(2,3)4)28(38)43-30(5,6)7/h8-16H,1-7H3. The van der Waals surface area contributed by atoms with Crippen molar-refractivity contribution in [3.63, 3.8) is 0 Å². The molecule has 0 bridgehead atoms. The summed E-state index contributed by atoms with van der Waals surface area (Å²) < 4.78 is 75.1. The van der Waals surface area contributed by atoms with Gasteiger partial charge in [-0.05, 0) is 82.6 Å². The highest BCUT2D eigenvalue weighted by Gasteiger charge is 2.34. The van der Waals surface area contributed by atoms with Gasteiger partial charge in [-0.3, -0.25) is 0 Å². The van der Waals surface area contributed by atoms with Gasteiger partial charge in [0.2, 0.25) is 0 Å².